The smallest absolute Gasteiger partial charge is 0.132 e. The molecule has 1 saturated heterocycles. The molecule has 3 aromatic heterocycles. The van der Waals surface area contributed by atoms with Crippen molar-refractivity contribution in [3.8, 4) is 22.5 Å². The van der Waals surface area contributed by atoms with Crippen molar-refractivity contribution in [3.05, 3.63) is 43.0 Å². The van der Waals surface area contributed by atoms with E-state index in [1.54, 1.807) is 6.33 Å². The molecule has 5 rings (SSSR count). The zero-order chi connectivity index (χ0) is 17.3. The Hall–Kier alpha value is -3.22. The summed E-state index contributed by atoms with van der Waals surface area (Å²) in [5.74, 6) is 0.983. The first kappa shape index (κ1) is 15.1. The second kappa shape index (κ2) is 6.25. The van der Waals surface area contributed by atoms with Gasteiger partial charge in [0.05, 0.1) is 17.4 Å². The number of aromatic nitrogens is 6. The summed E-state index contributed by atoms with van der Waals surface area (Å²) in [5, 5.41) is 15.6. The third-order valence-corrected chi connectivity index (χ3v) is 4.97. The second-order valence-corrected chi connectivity index (χ2v) is 6.63. The molecule has 7 heteroatoms. The number of rotatable bonds is 3. The van der Waals surface area contributed by atoms with Crippen molar-refractivity contribution in [3.63, 3.8) is 0 Å². The van der Waals surface area contributed by atoms with Crippen LogP contribution in [0.3, 0.4) is 0 Å². The number of benzene rings is 1. The molecule has 4 heterocycles. The summed E-state index contributed by atoms with van der Waals surface area (Å²) in [7, 11) is 0. The number of piperidine rings is 1. The molecule has 1 aromatic carbocycles. The fourth-order valence-electron chi connectivity index (χ4n) is 3.57. The predicted octanol–water partition coefficient (Wildman–Crippen LogP) is 3.40. The predicted molar refractivity (Wildman–Crippen MR) is 101 cm³/mol. The highest BCUT2D eigenvalue weighted by Crippen LogP contribution is 2.30. The molecule has 130 valence electrons. The maximum atomic E-state index is 4.52. The molecule has 0 spiro atoms. The van der Waals surface area contributed by atoms with Crippen molar-refractivity contribution >= 4 is 16.7 Å². The molecule has 26 heavy (non-hydrogen) atoms. The molecule has 0 amide bonds. The molecule has 0 bridgehead atoms. The quantitative estimate of drug-likeness (QED) is 0.594. The van der Waals surface area contributed by atoms with Crippen molar-refractivity contribution in [2.45, 2.75) is 19.3 Å². The van der Waals surface area contributed by atoms with Crippen LogP contribution in [-0.4, -0.2) is 43.5 Å². The Labute approximate surface area is 150 Å². The number of aromatic amines is 2. The van der Waals surface area contributed by atoms with E-state index in [0.29, 0.717) is 0 Å². The first-order chi connectivity index (χ1) is 12.9. The molecule has 4 aromatic rings. The minimum Gasteiger partial charge on any atom is -0.357 e. The van der Waals surface area contributed by atoms with E-state index in [-0.39, 0.29) is 0 Å². The normalized spacial score (nSPS) is 14.8. The largest absolute Gasteiger partial charge is 0.357 e. The Balaban J connectivity index is 1.57. The zero-order valence-corrected chi connectivity index (χ0v) is 14.3. The van der Waals surface area contributed by atoms with Crippen LogP contribution in [0.15, 0.2) is 43.0 Å². The minimum absolute atomic E-state index is 0.844. The lowest BCUT2D eigenvalue weighted by Gasteiger charge is -2.27. The van der Waals surface area contributed by atoms with Gasteiger partial charge in [-0.2, -0.15) is 10.2 Å². The summed E-state index contributed by atoms with van der Waals surface area (Å²) in [4.78, 5) is 11.3. The average molecular weight is 345 g/mol. The Morgan fingerprint density at radius 1 is 0.962 bits per heavy atom. The van der Waals surface area contributed by atoms with Crippen LogP contribution in [-0.2, 0) is 0 Å². The van der Waals surface area contributed by atoms with Crippen LogP contribution >= 0.6 is 0 Å². The van der Waals surface area contributed by atoms with E-state index in [9.17, 15) is 0 Å². The van der Waals surface area contributed by atoms with Crippen LogP contribution in [0.1, 0.15) is 19.3 Å². The number of nitrogens with zero attached hydrogens (tertiary/aromatic N) is 5. The lowest BCUT2D eigenvalue weighted by molar-refractivity contribution is 0.573. The summed E-state index contributed by atoms with van der Waals surface area (Å²) >= 11 is 0. The molecule has 1 aliphatic rings. The standard InChI is InChI=1S/C19H19N7/c1-2-6-26(7-3-1)18-9-17(20-12-21-18)19-15-8-13(14-10-22-23-11-14)4-5-16(15)24-25-19/h4-5,8-12H,1-3,6-7H2,(H,22,23)(H,24,25). The van der Waals surface area contributed by atoms with Crippen molar-refractivity contribution in [2.75, 3.05) is 18.0 Å². The molecule has 2 N–H and O–H groups in total. The molecule has 0 saturated carbocycles. The monoisotopic (exact) mass is 345 g/mol. The Kier molecular flexibility index (Phi) is 3.62. The molecule has 0 unspecified atom stereocenters. The van der Waals surface area contributed by atoms with E-state index in [1.807, 2.05) is 24.5 Å². The van der Waals surface area contributed by atoms with E-state index >= 15 is 0 Å². The van der Waals surface area contributed by atoms with Gasteiger partial charge in [0.2, 0.25) is 0 Å². The summed E-state index contributed by atoms with van der Waals surface area (Å²) in [6.07, 6.45) is 9.09. The van der Waals surface area contributed by atoms with Gasteiger partial charge in [-0.1, -0.05) is 6.07 Å². The van der Waals surface area contributed by atoms with E-state index in [1.165, 1.54) is 19.3 Å². The van der Waals surface area contributed by atoms with E-state index in [2.05, 4.69) is 47.4 Å². The van der Waals surface area contributed by atoms with Gasteiger partial charge in [-0.25, -0.2) is 9.97 Å². The lowest BCUT2D eigenvalue weighted by atomic mass is 10.1. The SMILES string of the molecule is c1nc(-c2n[nH]c3ccc(-c4cn[nH]c4)cc23)cc(N2CCCCC2)n1. The summed E-state index contributed by atoms with van der Waals surface area (Å²) in [5.41, 5.74) is 4.84. The van der Waals surface area contributed by atoms with Gasteiger partial charge < -0.3 is 4.90 Å². The van der Waals surface area contributed by atoms with Crippen LogP contribution in [0.4, 0.5) is 5.82 Å². The van der Waals surface area contributed by atoms with Crippen molar-refractivity contribution in [1.29, 1.82) is 0 Å². The summed E-state index contributed by atoms with van der Waals surface area (Å²) < 4.78 is 0. The van der Waals surface area contributed by atoms with E-state index in [0.717, 1.165) is 52.3 Å². The minimum atomic E-state index is 0.844. The third-order valence-electron chi connectivity index (χ3n) is 4.97. The maximum Gasteiger partial charge on any atom is 0.132 e. The van der Waals surface area contributed by atoms with Crippen LogP contribution < -0.4 is 4.90 Å². The molecule has 0 radical (unpaired) electrons. The zero-order valence-electron chi connectivity index (χ0n) is 14.3. The number of anilines is 1. The molecular weight excluding hydrogens is 326 g/mol. The van der Waals surface area contributed by atoms with Gasteiger partial charge in [0.1, 0.15) is 17.8 Å². The van der Waals surface area contributed by atoms with Gasteiger partial charge in [0, 0.05) is 36.3 Å². The first-order valence-corrected chi connectivity index (χ1v) is 8.93. The van der Waals surface area contributed by atoms with Gasteiger partial charge in [-0.15, -0.1) is 0 Å². The summed E-state index contributed by atoms with van der Waals surface area (Å²) in [6, 6.07) is 8.28. The van der Waals surface area contributed by atoms with Crippen molar-refractivity contribution < 1.29 is 0 Å². The Morgan fingerprint density at radius 2 is 1.88 bits per heavy atom. The molecular formula is C19H19N7. The van der Waals surface area contributed by atoms with Gasteiger partial charge in [-0.05, 0) is 37.0 Å². The average Bonchev–Trinajstić information content (AvgIpc) is 3.38. The highest BCUT2D eigenvalue weighted by Gasteiger charge is 2.16. The van der Waals surface area contributed by atoms with Crippen LogP contribution in [0.25, 0.3) is 33.4 Å². The Bertz CT molecular complexity index is 1030. The third kappa shape index (κ3) is 2.61. The molecule has 0 atom stereocenters. The van der Waals surface area contributed by atoms with Gasteiger partial charge in [0.25, 0.3) is 0 Å². The van der Waals surface area contributed by atoms with Crippen LogP contribution in [0.5, 0.6) is 0 Å². The van der Waals surface area contributed by atoms with Crippen LogP contribution in [0, 0.1) is 0 Å². The number of H-pyrrole nitrogens is 2. The molecule has 1 aliphatic heterocycles. The first-order valence-electron chi connectivity index (χ1n) is 8.93. The van der Waals surface area contributed by atoms with Crippen molar-refractivity contribution in [1.82, 2.24) is 30.4 Å². The molecule has 1 fully saturated rings. The highest BCUT2D eigenvalue weighted by atomic mass is 15.2. The number of hydrogen-bond donors (Lipinski definition) is 2. The molecule has 7 nitrogen and oxygen atoms in total. The lowest BCUT2D eigenvalue weighted by Crippen LogP contribution is -2.30. The highest BCUT2D eigenvalue weighted by molar-refractivity contribution is 5.95. The number of nitrogens with one attached hydrogen (secondary N) is 2. The molecule has 0 aliphatic carbocycles. The van der Waals surface area contributed by atoms with Crippen LogP contribution in [0.2, 0.25) is 0 Å². The number of fused-ring (bicyclic) bond motifs is 1. The van der Waals surface area contributed by atoms with E-state index < -0.39 is 0 Å². The van der Waals surface area contributed by atoms with Gasteiger partial charge in [-0.3, -0.25) is 10.2 Å². The summed E-state index contributed by atoms with van der Waals surface area (Å²) in [6.45, 7) is 2.12. The topological polar surface area (TPSA) is 86.4 Å². The fraction of sp³-hybridized carbons (Fsp3) is 0.263. The Morgan fingerprint density at radius 3 is 2.73 bits per heavy atom. The maximum absolute atomic E-state index is 4.52. The fourth-order valence-corrected chi connectivity index (χ4v) is 3.57. The van der Waals surface area contributed by atoms with Gasteiger partial charge in [0.15, 0.2) is 0 Å². The van der Waals surface area contributed by atoms with E-state index in [4.69, 9.17) is 0 Å². The number of hydrogen-bond acceptors (Lipinski definition) is 5. The van der Waals surface area contributed by atoms with Crippen molar-refractivity contribution in [2.24, 2.45) is 0 Å². The van der Waals surface area contributed by atoms with Gasteiger partial charge >= 0.3 is 0 Å². The second-order valence-electron chi connectivity index (χ2n) is 6.63.